The minimum Gasteiger partial charge on any atom is -0.480 e. The largest absolute Gasteiger partial charge is 0.480 e. The number of carboxylic acids is 1. The Kier molecular flexibility index (Phi) is 7.51. The molecule has 0 aliphatic heterocycles. The van der Waals surface area contributed by atoms with Crippen LogP contribution in [0.5, 0.6) is 0 Å². The lowest BCUT2D eigenvalue weighted by atomic mass is 9.98. The number of fused-ring (bicyclic) bond motifs is 3. The molecule has 1 unspecified atom stereocenters. The van der Waals surface area contributed by atoms with Gasteiger partial charge in [0.15, 0.2) is 0 Å². The maximum absolute atomic E-state index is 12.7. The Morgan fingerprint density at radius 3 is 2.00 bits per heavy atom. The van der Waals surface area contributed by atoms with Gasteiger partial charge in [0.25, 0.3) is 0 Å². The average Bonchev–Trinajstić information content (AvgIpc) is 3.12. The fraction of sp³-hybridized carbons (Fsp3) is 0.400. The van der Waals surface area contributed by atoms with Crippen LogP contribution in [0.25, 0.3) is 11.1 Å². The van der Waals surface area contributed by atoms with Gasteiger partial charge in [-0.15, -0.1) is 0 Å². The predicted molar refractivity (Wildman–Crippen MR) is 121 cm³/mol. The van der Waals surface area contributed by atoms with Gasteiger partial charge >= 0.3 is 12.1 Å². The molecule has 0 heterocycles. The summed E-state index contributed by atoms with van der Waals surface area (Å²) in [6.45, 7) is 5.55. The first-order valence-electron chi connectivity index (χ1n) is 11.0. The molecular weight excluding hydrogens is 408 g/mol. The molecule has 3 N–H and O–H groups in total. The highest BCUT2D eigenvalue weighted by molar-refractivity contribution is 5.89. The number of ether oxygens (including phenoxy) is 1. The third-order valence-electron chi connectivity index (χ3n) is 6.14. The number of alkyl carbamates (subject to hydrolysis) is 1. The van der Waals surface area contributed by atoms with Gasteiger partial charge in [0.05, 0.1) is 0 Å². The van der Waals surface area contributed by atoms with Crippen molar-refractivity contribution in [2.45, 2.75) is 51.6 Å². The van der Waals surface area contributed by atoms with Gasteiger partial charge in [0.1, 0.15) is 18.7 Å². The molecule has 0 fully saturated rings. The number of nitrogens with one attached hydrogen (secondary N) is 2. The number of carbonyl (C=O) groups excluding carboxylic acids is 2. The van der Waals surface area contributed by atoms with Crippen LogP contribution in [0.4, 0.5) is 4.79 Å². The van der Waals surface area contributed by atoms with Crippen molar-refractivity contribution in [3.63, 3.8) is 0 Å². The topological polar surface area (TPSA) is 105 Å². The molecule has 0 radical (unpaired) electrons. The number of aliphatic carboxylic acids is 1. The van der Waals surface area contributed by atoms with Crippen molar-refractivity contribution in [1.82, 2.24) is 10.6 Å². The quantitative estimate of drug-likeness (QED) is 0.550. The van der Waals surface area contributed by atoms with Crippen molar-refractivity contribution in [2.75, 3.05) is 6.61 Å². The second-order valence-electron chi connectivity index (χ2n) is 8.14. The van der Waals surface area contributed by atoms with Gasteiger partial charge in [-0.3, -0.25) is 4.79 Å². The molecule has 0 aromatic heterocycles. The average molecular weight is 439 g/mol. The van der Waals surface area contributed by atoms with Gasteiger partial charge in [-0.25, -0.2) is 9.59 Å². The van der Waals surface area contributed by atoms with E-state index in [0.29, 0.717) is 6.42 Å². The first kappa shape index (κ1) is 23.3. The van der Waals surface area contributed by atoms with Crippen molar-refractivity contribution in [2.24, 2.45) is 5.92 Å². The highest BCUT2D eigenvalue weighted by Gasteiger charge is 2.32. The molecule has 0 spiro atoms. The van der Waals surface area contributed by atoms with E-state index >= 15 is 0 Å². The molecular formula is C25H30N2O5. The second kappa shape index (κ2) is 10.3. The highest BCUT2D eigenvalue weighted by Crippen LogP contribution is 2.44. The zero-order valence-corrected chi connectivity index (χ0v) is 18.6. The van der Waals surface area contributed by atoms with Crippen molar-refractivity contribution < 1.29 is 24.2 Å². The van der Waals surface area contributed by atoms with Crippen LogP contribution in [0.1, 0.15) is 50.7 Å². The number of hydrogen-bond donors (Lipinski definition) is 3. The summed E-state index contributed by atoms with van der Waals surface area (Å²) >= 11 is 0. The number of carboxylic acid groups (broad SMARTS) is 1. The van der Waals surface area contributed by atoms with Gasteiger partial charge in [0, 0.05) is 5.92 Å². The molecule has 1 aliphatic rings. The van der Waals surface area contributed by atoms with E-state index in [1.807, 2.05) is 50.2 Å². The number of carbonyl (C=O) groups is 3. The Morgan fingerprint density at radius 1 is 0.938 bits per heavy atom. The Bertz CT molecular complexity index is 944. The molecule has 3 rings (SSSR count). The molecule has 3 atom stereocenters. The van der Waals surface area contributed by atoms with Crippen molar-refractivity contribution >= 4 is 18.0 Å². The van der Waals surface area contributed by atoms with Crippen LogP contribution in [0, 0.1) is 5.92 Å². The lowest BCUT2D eigenvalue weighted by Gasteiger charge is -2.25. The van der Waals surface area contributed by atoms with Gasteiger partial charge < -0.3 is 20.5 Å². The zero-order valence-electron chi connectivity index (χ0n) is 18.6. The molecule has 7 heteroatoms. The first-order valence-corrected chi connectivity index (χ1v) is 11.0. The Labute approximate surface area is 188 Å². The van der Waals surface area contributed by atoms with Crippen molar-refractivity contribution in [3.05, 3.63) is 59.7 Å². The van der Waals surface area contributed by atoms with E-state index in [1.54, 1.807) is 6.92 Å². The van der Waals surface area contributed by atoms with E-state index in [2.05, 4.69) is 22.8 Å². The van der Waals surface area contributed by atoms with Gasteiger partial charge in [-0.1, -0.05) is 75.7 Å². The fourth-order valence-corrected chi connectivity index (χ4v) is 4.07. The van der Waals surface area contributed by atoms with E-state index in [1.165, 1.54) is 0 Å². The van der Waals surface area contributed by atoms with Crippen molar-refractivity contribution in [3.8, 4) is 11.1 Å². The molecule has 170 valence electrons. The number of benzene rings is 2. The van der Waals surface area contributed by atoms with E-state index in [9.17, 15) is 19.5 Å². The molecule has 2 aromatic carbocycles. The summed E-state index contributed by atoms with van der Waals surface area (Å²) in [4.78, 5) is 36.6. The van der Waals surface area contributed by atoms with Crippen LogP contribution < -0.4 is 10.6 Å². The summed E-state index contributed by atoms with van der Waals surface area (Å²) in [6.07, 6.45) is 0.181. The van der Waals surface area contributed by atoms with E-state index in [0.717, 1.165) is 22.3 Å². The maximum Gasteiger partial charge on any atom is 0.407 e. The summed E-state index contributed by atoms with van der Waals surface area (Å²) < 4.78 is 5.55. The lowest BCUT2D eigenvalue weighted by molar-refractivity contribution is -0.142. The molecule has 32 heavy (non-hydrogen) atoms. The highest BCUT2D eigenvalue weighted by atomic mass is 16.5. The standard InChI is InChI=1S/C25H30N2O5/c1-4-15(3)22(23(28)26-21(5-2)24(29)30)27-25(31)32-14-20-18-12-8-6-10-16(18)17-11-7-9-13-19(17)20/h6-13,15,20-22H,4-5,14H2,1-3H3,(H,26,28)(H,27,31)(H,29,30)/t15?,21-,22+/m1/s1. The van der Waals surface area contributed by atoms with E-state index < -0.39 is 30.1 Å². The Hall–Kier alpha value is -3.35. The van der Waals surface area contributed by atoms with Crippen LogP contribution in [0.3, 0.4) is 0 Å². The molecule has 0 saturated heterocycles. The summed E-state index contributed by atoms with van der Waals surface area (Å²) in [5.41, 5.74) is 4.47. The van der Waals surface area contributed by atoms with Gasteiger partial charge in [-0.05, 0) is 34.6 Å². The Balaban J connectivity index is 1.68. The monoisotopic (exact) mass is 438 g/mol. The molecule has 2 aromatic rings. The number of amides is 2. The van der Waals surface area contributed by atoms with E-state index in [-0.39, 0.29) is 24.9 Å². The van der Waals surface area contributed by atoms with Crippen molar-refractivity contribution in [1.29, 1.82) is 0 Å². The SMILES string of the molecule is CCC(C)[C@H](NC(=O)OCC1c2ccccc2-c2ccccc21)C(=O)N[C@H](CC)C(=O)O. The molecule has 2 amide bonds. The van der Waals surface area contributed by atoms with Gasteiger partial charge in [0.2, 0.25) is 5.91 Å². The summed E-state index contributed by atoms with van der Waals surface area (Å²) in [7, 11) is 0. The number of hydrogen-bond acceptors (Lipinski definition) is 4. The van der Waals surface area contributed by atoms with Crippen LogP contribution in [-0.2, 0) is 14.3 Å². The second-order valence-corrected chi connectivity index (χ2v) is 8.14. The van der Waals surface area contributed by atoms with Crippen LogP contribution in [-0.4, -0.2) is 41.8 Å². The van der Waals surface area contributed by atoms with Gasteiger partial charge in [-0.2, -0.15) is 0 Å². The maximum atomic E-state index is 12.7. The molecule has 7 nitrogen and oxygen atoms in total. The van der Waals surface area contributed by atoms with Crippen LogP contribution >= 0.6 is 0 Å². The zero-order chi connectivity index (χ0) is 23.3. The predicted octanol–water partition coefficient (Wildman–Crippen LogP) is 3.92. The summed E-state index contributed by atoms with van der Waals surface area (Å²) in [6, 6.07) is 14.2. The third-order valence-corrected chi connectivity index (χ3v) is 6.14. The van der Waals surface area contributed by atoms with E-state index in [4.69, 9.17) is 4.74 Å². The summed E-state index contributed by atoms with van der Waals surface area (Å²) in [5, 5.41) is 14.4. The van der Waals surface area contributed by atoms with Crippen LogP contribution in [0.15, 0.2) is 48.5 Å². The van der Waals surface area contributed by atoms with Crippen LogP contribution in [0.2, 0.25) is 0 Å². The minimum atomic E-state index is -1.11. The lowest BCUT2D eigenvalue weighted by Crippen LogP contribution is -2.54. The Morgan fingerprint density at radius 2 is 1.50 bits per heavy atom. The number of rotatable bonds is 9. The normalized spacial score (nSPS) is 15.1. The fourth-order valence-electron chi connectivity index (χ4n) is 4.07. The smallest absolute Gasteiger partial charge is 0.407 e. The third kappa shape index (κ3) is 4.93. The molecule has 0 bridgehead atoms. The molecule has 1 aliphatic carbocycles. The molecule has 0 saturated carbocycles. The summed E-state index contributed by atoms with van der Waals surface area (Å²) in [5.74, 6) is -1.91. The first-order chi connectivity index (χ1) is 15.4. The minimum absolute atomic E-state index is 0.0829.